The van der Waals surface area contributed by atoms with Gasteiger partial charge in [0.25, 0.3) is 10.0 Å². The Hall–Kier alpha value is -4.88. The SMILES string of the molecule is Cc1cccc(C)c1-c1cc(OCC(CC2(C)CC2)NCc2nc3cc(C4CC4)oc3cc2F)nc(NS(=O)(=O)c2cccc(C(=O)O)c2)n1. The Balaban J connectivity index is 1.15. The zero-order chi connectivity index (χ0) is 35.2. The summed E-state index contributed by atoms with van der Waals surface area (Å²) in [6.07, 6.45) is 5.06. The molecule has 260 valence electrons. The summed E-state index contributed by atoms with van der Waals surface area (Å²) in [5.74, 6) is -0.545. The molecular formula is C37H38FN5O6S. The van der Waals surface area contributed by atoms with E-state index in [0.29, 0.717) is 22.7 Å². The van der Waals surface area contributed by atoms with Gasteiger partial charge in [-0.25, -0.2) is 32.3 Å². The zero-order valence-electron chi connectivity index (χ0n) is 28.0. The van der Waals surface area contributed by atoms with Crippen molar-refractivity contribution in [2.24, 2.45) is 5.41 Å². The second kappa shape index (κ2) is 13.1. The highest BCUT2D eigenvalue weighted by atomic mass is 32.2. The molecule has 2 fully saturated rings. The van der Waals surface area contributed by atoms with Gasteiger partial charge >= 0.3 is 5.97 Å². The van der Waals surface area contributed by atoms with Crippen LogP contribution in [0.5, 0.6) is 5.88 Å². The molecule has 7 rings (SSSR count). The number of pyridine rings is 1. The van der Waals surface area contributed by atoms with Crippen molar-refractivity contribution < 1.29 is 31.9 Å². The monoisotopic (exact) mass is 699 g/mol. The minimum Gasteiger partial charge on any atom is -0.478 e. The van der Waals surface area contributed by atoms with Crippen LogP contribution in [0.15, 0.2) is 70.0 Å². The second-order valence-electron chi connectivity index (χ2n) is 13.7. The third-order valence-corrected chi connectivity index (χ3v) is 10.7. The number of hydrogen-bond acceptors (Lipinski definition) is 9. The maximum atomic E-state index is 15.1. The number of carbonyl (C=O) groups is 1. The number of sulfonamides is 1. The van der Waals surface area contributed by atoms with Gasteiger partial charge in [-0.2, -0.15) is 4.98 Å². The summed E-state index contributed by atoms with van der Waals surface area (Å²) in [6.45, 7) is 6.40. The summed E-state index contributed by atoms with van der Waals surface area (Å²) in [6, 6.07) is 15.6. The van der Waals surface area contributed by atoms with Crippen molar-refractivity contribution in [2.45, 2.75) is 76.3 Å². The molecule has 13 heteroatoms. The molecule has 1 atom stereocenters. The quantitative estimate of drug-likeness (QED) is 0.109. The van der Waals surface area contributed by atoms with Crippen LogP contribution in [0.25, 0.3) is 22.4 Å². The van der Waals surface area contributed by atoms with E-state index in [1.54, 1.807) is 6.07 Å². The Bertz CT molecular complexity index is 2190. The maximum absolute atomic E-state index is 15.1. The lowest BCUT2D eigenvalue weighted by Gasteiger charge is -2.22. The summed E-state index contributed by atoms with van der Waals surface area (Å²) in [7, 11) is -4.27. The lowest BCUT2D eigenvalue weighted by molar-refractivity contribution is 0.0696. The van der Waals surface area contributed by atoms with E-state index in [1.807, 2.05) is 38.1 Å². The largest absolute Gasteiger partial charge is 0.478 e. The normalized spacial score (nSPS) is 15.9. The van der Waals surface area contributed by atoms with Crippen LogP contribution in [-0.4, -0.2) is 47.1 Å². The van der Waals surface area contributed by atoms with E-state index in [1.165, 1.54) is 24.3 Å². The van der Waals surface area contributed by atoms with E-state index < -0.39 is 21.8 Å². The van der Waals surface area contributed by atoms with Gasteiger partial charge in [0.2, 0.25) is 11.8 Å². The van der Waals surface area contributed by atoms with Crippen molar-refractivity contribution >= 4 is 33.0 Å². The molecule has 3 N–H and O–H groups in total. The molecule has 2 aromatic carbocycles. The number of aromatic nitrogens is 3. The Labute approximate surface area is 289 Å². The molecule has 0 amide bonds. The fourth-order valence-corrected chi connectivity index (χ4v) is 7.18. The van der Waals surface area contributed by atoms with Gasteiger partial charge in [-0.05, 0) is 80.7 Å². The first-order valence-corrected chi connectivity index (χ1v) is 18.1. The van der Waals surface area contributed by atoms with Crippen molar-refractivity contribution in [1.82, 2.24) is 20.3 Å². The summed E-state index contributed by atoms with van der Waals surface area (Å²) in [5.41, 5.74) is 4.42. The van der Waals surface area contributed by atoms with Gasteiger partial charge in [0.05, 0.1) is 21.8 Å². The van der Waals surface area contributed by atoms with Crippen molar-refractivity contribution in [3.63, 3.8) is 0 Å². The Morgan fingerprint density at radius 3 is 2.50 bits per heavy atom. The van der Waals surface area contributed by atoms with Gasteiger partial charge in [-0.1, -0.05) is 31.2 Å². The number of aromatic carboxylic acids is 1. The summed E-state index contributed by atoms with van der Waals surface area (Å²) >= 11 is 0. The molecular weight excluding hydrogens is 662 g/mol. The van der Waals surface area contributed by atoms with Crippen LogP contribution in [0.2, 0.25) is 0 Å². The van der Waals surface area contributed by atoms with Crippen molar-refractivity contribution in [1.29, 1.82) is 0 Å². The fraction of sp³-hybridized carbons (Fsp3) is 0.351. The van der Waals surface area contributed by atoms with Gasteiger partial charge < -0.3 is 19.6 Å². The first kappa shape index (κ1) is 33.6. The molecule has 2 saturated carbocycles. The number of carboxylic acid groups (broad SMARTS) is 1. The smallest absolute Gasteiger partial charge is 0.335 e. The highest BCUT2D eigenvalue weighted by Gasteiger charge is 2.39. The van der Waals surface area contributed by atoms with E-state index in [0.717, 1.165) is 60.6 Å². The highest BCUT2D eigenvalue weighted by molar-refractivity contribution is 7.92. The first-order valence-electron chi connectivity index (χ1n) is 16.6. The van der Waals surface area contributed by atoms with Crippen molar-refractivity contribution in [3.05, 3.63) is 94.6 Å². The Morgan fingerprint density at radius 2 is 1.80 bits per heavy atom. The molecule has 5 aromatic rings. The van der Waals surface area contributed by atoms with E-state index in [4.69, 9.17) is 9.15 Å². The Morgan fingerprint density at radius 1 is 1.06 bits per heavy atom. The van der Waals surface area contributed by atoms with Crippen LogP contribution in [0.1, 0.15) is 77.9 Å². The van der Waals surface area contributed by atoms with Gasteiger partial charge in [0.15, 0.2) is 5.58 Å². The lowest BCUT2D eigenvalue weighted by atomic mass is 9.99. The van der Waals surface area contributed by atoms with Gasteiger partial charge in [-0.3, -0.25) is 0 Å². The average molecular weight is 700 g/mol. The number of nitrogens with zero attached hydrogens (tertiary/aromatic N) is 3. The van der Waals surface area contributed by atoms with Crippen LogP contribution >= 0.6 is 0 Å². The predicted octanol–water partition coefficient (Wildman–Crippen LogP) is 7.14. The number of carboxylic acids is 1. The van der Waals surface area contributed by atoms with Crippen LogP contribution in [0, 0.1) is 25.1 Å². The number of aryl methyl sites for hydroxylation is 2. The van der Waals surface area contributed by atoms with Crippen LogP contribution in [0.4, 0.5) is 10.3 Å². The average Bonchev–Trinajstić information content (AvgIpc) is 4.00. The van der Waals surface area contributed by atoms with Gasteiger partial charge in [0.1, 0.15) is 23.7 Å². The third-order valence-electron chi connectivity index (χ3n) is 9.42. The summed E-state index contributed by atoms with van der Waals surface area (Å²) < 4.78 is 56.4. The molecule has 3 aromatic heterocycles. The molecule has 50 heavy (non-hydrogen) atoms. The third kappa shape index (κ3) is 7.48. The molecule has 0 saturated heterocycles. The summed E-state index contributed by atoms with van der Waals surface area (Å²) in [4.78, 5) is 24.8. The number of halogens is 1. The standard InChI is InChI=1S/C37H38FN5O6S/c1-21-6-4-7-22(2)34(21)29-17-33(42-36(41-29)43-50(46,47)26-9-5-8-24(14-26)35(44)45)48-20-25(18-37(3)12-13-37)39-19-30-27(38)15-32-28(40-30)16-31(49-32)23-10-11-23/h4-9,14-17,23,25,39H,10-13,18-20H2,1-3H3,(H,44,45)(H,41,42,43). The molecule has 2 aliphatic carbocycles. The lowest BCUT2D eigenvalue weighted by Crippen LogP contribution is -2.36. The number of rotatable bonds is 14. The van der Waals surface area contributed by atoms with Crippen LogP contribution in [0.3, 0.4) is 0 Å². The molecule has 1 unspecified atom stereocenters. The molecule has 11 nitrogen and oxygen atoms in total. The molecule has 0 bridgehead atoms. The van der Waals surface area contributed by atoms with Crippen LogP contribution < -0.4 is 14.8 Å². The molecule has 2 aliphatic rings. The molecule has 0 aliphatic heterocycles. The van der Waals surface area contributed by atoms with Crippen molar-refractivity contribution in [2.75, 3.05) is 11.3 Å². The predicted molar refractivity (Wildman–Crippen MR) is 185 cm³/mol. The van der Waals surface area contributed by atoms with Crippen LogP contribution in [-0.2, 0) is 16.6 Å². The van der Waals surface area contributed by atoms with Crippen molar-refractivity contribution in [3.8, 4) is 17.1 Å². The van der Waals surface area contributed by atoms with Gasteiger partial charge in [0, 0.05) is 42.3 Å². The van der Waals surface area contributed by atoms with Gasteiger partial charge in [-0.15, -0.1) is 0 Å². The molecule has 3 heterocycles. The van der Waals surface area contributed by atoms with E-state index in [2.05, 4.69) is 31.9 Å². The van der Waals surface area contributed by atoms with E-state index >= 15 is 4.39 Å². The highest BCUT2D eigenvalue weighted by Crippen LogP contribution is 2.49. The number of hydrogen-bond donors (Lipinski definition) is 3. The molecule has 0 spiro atoms. The van der Waals surface area contributed by atoms with E-state index in [9.17, 15) is 18.3 Å². The number of anilines is 1. The minimum atomic E-state index is -4.27. The fourth-order valence-electron chi connectivity index (χ4n) is 6.19. The first-order chi connectivity index (χ1) is 23.9. The van der Waals surface area contributed by atoms with E-state index in [-0.39, 0.29) is 52.6 Å². The number of nitrogens with one attached hydrogen (secondary N) is 2. The topological polar surface area (TPSA) is 157 Å². The number of furan rings is 1. The zero-order valence-corrected chi connectivity index (χ0v) is 28.8. The second-order valence-corrected chi connectivity index (χ2v) is 15.4. The maximum Gasteiger partial charge on any atom is 0.335 e. The number of fused-ring (bicyclic) bond motifs is 1. The minimum absolute atomic E-state index is 0.126. The summed E-state index contributed by atoms with van der Waals surface area (Å²) in [5, 5.41) is 12.8. The molecule has 0 radical (unpaired) electrons. The Kier molecular flexibility index (Phi) is 8.81. The number of ether oxygens (including phenoxy) is 1. The number of benzene rings is 2.